The van der Waals surface area contributed by atoms with Gasteiger partial charge in [-0.1, -0.05) is 28.1 Å². The Labute approximate surface area is 123 Å². The van der Waals surface area contributed by atoms with E-state index in [2.05, 4.69) is 38.3 Å². The molecule has 1 aromatic carbocycles. The first-order valence-electron chi connectivity index (χ1n) is 6.76. The molecule has 1 amide bonds. The largest absolute Gasteiger partial charge is 0.356 e. The summed E-state index contributed by atoms with van der Waals surface area (Å²) in [4.78, 5) is 14.1. The maximum atomic E-state index is 12.0. The van der Waals surface area contributed by atoms with E-state index >= 15 is 0 Å². The summed E-state index contributed by atoms with van der Waals surface area (Å²) in [6.07, 6.45) is 1.99. The van der Waals surface area contributed by atoms with Crippen molar-refractivity contribution >= 4 is 21.8 Å². The van der Waals surface area contributed by atoms with E-state index in [4.69, 9.17) is 0 Å². The second-order valence-corrected chi connectivity index (χ2v) is 6.37. The Morgan fingerprint density at radius 1 is 1.47 bits per heavy atom. The van der Waals surface area contributed by atoms with E-state index in [0.29, 0.717) is 5.92 Å². The summed E-state index contributed by atoms with van der Waals surface area (Å²) < 4.78 is 1.09. The second kappa shape index (κ2) is 6.53. The predicted molar refractivity (Wildman–Crippen MR) is 81.2 cm³/mol. The molecule has 19 heavy (non-hydrogen) atoms. The zero-order valence-electron chi connectivity index (χ0n) is 11.5. The Morgan fingerprint density at radius 3 is 2.95 bits per heavy atom. The maximum absolute atomic E-state index is 12.0. The van der Waals surface area contributed by atoms with Gasteiger partial charge in [-0.05, 0) is 57.1 Å². The lowest BCUT2D eigenvalue weighted by Gasteiger charge is -2.09. The molecular weight excluding hydrogens is 304 g/mol. The number of hydrogen-bond donors (Lipinski definition) is 1. The number of halogens is 1. The predicted octanol–water partition coefficient (Wildman–Crippen LogP) is 2.62. The lowest BCUT2D eigenvalue weighted by Crippen LogP contribution is -2.28. The molecule has 104 valence electrons. The van der Waals surface area contributed by atoms with Gasteiger partial charge in [-0.2, -0.15) is 0 Å². The highest BCUT2D eigenvalue weighted by atomic mass is 79.9. The summed E-state index contributed by atoms with van der Waals surface area (Å²) in [6, 6.07) is 8.27. The Hall–Kier alpha value is -0.870. The summed E-state index contributed by atoms with van der Waals surface area (Å²) in [5, 5.41) is 3.04. The summed E-state index contributed by atoms with van der Waals surface area (Å²) in [5.41, 5.74) is 1.27. The standard InChI is InChI=1S/C15H21BrN2O/c1-18(2)8-4-7-17-15(19)14-10-13(14)11-5-3-6-12(16)9-11/h3,5-6,9,13-14H,4,7-8,10H2,1-2H3,(H,17,19). The van der Waals surface area contributed by atoms with E-state index in [1.807, 2.05) is 26.2 Å². The van der Waals surface area contributed by atoms with Gasteiger partial charge in [0.1, 0.15) is 0 Å². The summed E-state index contributed by atoms with van der Waals surface area (Å²) in [5.74, 6) is 0.795. The first kappa shape index (κ1) is 14.5. The summed E-state index contributed by atoms with van der Waals surface area (Å²) in [7, 11) is 4.10. The third-order valence-electron chi connectivity index (χ3n) is 3.49. The number of carbonyl (C=O) groups is 1. The molecule has 2 unspecified atom stereocenters. The number of nitrogens with one attached hydrogen (secondary N) is 1. The zero-order chi connectivity index (χ0) is 13.8. The molecule has 2 atom stereocenters. The molecular formula is C15H21BrN2O. The molecule has 1 aliphatic carbocycles. The molecule has 1 saturated carbocycles. The van der Waals surface area contributed by atoms with E-state index in [9.17, 15) is 4.79 Å². The maximum Gasteiger partial charge on any atom is 0.223 e. The van der Waals surface area contributed by atoms with E-state index < -0.39 is 0 Å². The molecule has 0 spiro atoms. The molecule has 3 nitrogen and oxygen atoms in total. The number of amides is 1. The zero-order valence-corrected chi connectivity index (χ0v) is 13.1. The molecule has 1 aromatic rings. The highest BCUT2D eigenvalue weighted by molar-refractivity contribution is 9.10. The number of hydrogen-bond acceptors (Lipinski definition) is 2. The third kappa shape index (κ3) is 4.32. The minimum atomic E-state index is 0.175. The normalized spacial score (nSPS) is 21.5. The van der Waals surface area contributed by atoms with Crippen LogP contribution < -0.4 is 5.32 Å². The van der Waals surface area contributed by atoms with Crippen molar-refractivity contribution in [1.82, 2.24) is 10.2 Å². The lowest BCUT2D eigenvalue weighted by atomic mass is 10.1. The van der Waals surface area contributed by atoms with Gasteiger partial charge in [0.25, 0.3) is 0 Å². The van der Waals surface area contributed by atoms with Gasteiger partial charge < -0.3 is 10.2 Å². The highest BCUT2D eigenvalue weighted by Crippen LogP contribution is 2.47. The number of nitrogens with zero attached hydrogens (tertiary/aromatic N) is 1. The van der Waals surface area contributed by atoms with Crippen LogP contribution in [0.1, 0.15) is 24.3 Å². The van der Waals surface area contributed by atoms with E-state index in [0.717, 1.165) is 30.4 Å². The first-order chi connectivity index (χ1) is 9.08. The van der Waals surface area contributed by atoms with Crippen LogP contribution in [0.25, 0.3) is 0 Å². The minimum absolute atomic E-state index is 0.175. The molecule has 2 rings (SSSR count). The van der Waals surface area contributed by atoms with E-state index in [-0.39, 0.29) is 11.8 Å². The van der Waals surface area contributed by atoms with Crippen LogP contribution in [0.15, 0.2) is 28.7 Å². The van der Waals surface area contributed by atoms with Crippen molar-refractivity contribution in [2.24, 2.45) is 5.92 Å². The number of carbonyl (C=O) groups excluding carboxylic acids is 1. The average molecular weight is 325 g/mol. The Bertz CT molecular complexity index is 448. The van der Waals surface area contributed by atoms with Crippen molar-refractivity contribution in [3.8, 4) is 0 Å². The highest BCUT2D eigenvalue weighted by Gasteiger charge is 2.43. The van der Waals surface area contributed by atoms with Crippen LogP contribution in [0, 0.1) is 5.92 Å². The molecule has 1 fully saturated rings. The van der Waals surface area contributed by atoms with Crippen LogP contribution >= 0.6 is 15.9 Å². The molecule has 0 heterocycles. The molecule has 0 bridgehead atoms. The van der Waals surface area contributed by atoms with Crippen molar-refractivity contribution in [2.45, 2.75) is 18.8 Å². The van der Waals surface area contributed by atoms with Gasteiger partial charge in [0.05, 0.1) is 0 Å². The smallest absolute Gasteiger partial charge is 0.223 e. The van der Waals surface area contributed by atoms with Crippen LogP contribution in [0.4, 0.5) is 0 Å². The quantitative estimate of drug-likeness (QED) is 0.816. The van der Waals surface area contributed by atoms with Gasteiger partial charge in [0, 0.05) is 16.9 Å². The van der Waals surface area contributed by atoms with Crippen molar-refractivity contribution < 1.29 is 4.79 Å². The average Bonchev–Trinajstić information content (AvgIpc) is 3.14. The Morgan fingerprint density at radius 2 is 2.26 bits per heavy atom. The SMILES string of the molecule is CN(C)CCCNC(=O)C1CC1c1cccc(Br)c1. The third-order valence-corrected chi connectivity index (χ3v) is 3.98. The fourth-order valence-corrected chi connectivity index (χ4v) is 2.75. The van der Waals surface area contributed by atoms with Crippen LogP contribution in [0.2, 0.25) is 0 Å². The first-order valence-corrected chi connectivity index (χ1v) is 7.55. The van der Waals surface area contributed by atoms with Crippen molar-refractivity contribution in [3.63, 3.8) is 0 Å². The second-order valence-electron chi connectivity index (χ2n) is 5.45. The Kier molecular flexibility index (Phi) is 4.99. The van der Waals surface area contributed by atoms with Gasteiger partial charge in [-0.15, -0.1) is 0 Å². The lowest BCUT2D eigenvalue weighted by molar-refractivity contribution is -0.122. The van der Waals surface area contributed by atoms with E-state index in [1.165, 1.54) is 5.56 Å². The van der Waals surface area contributed by atoms with Crippen molar-refractivity contribution in [2.75, 3.05) is 27.2 Å². The Balaban J connectivity index is 1.75. The number of rotatable bonds is 6. The summed E-state index contributed by atoms with van der Waals surface area (Å²) in [6.45, 7) is 1.79. The summed E-state index contributed by atoms with van der Waals surface area (Å²) >= 11 is 3.47. The van der Waals surface area contributed by atoms with Crippen molar-refractivity contribution in [1.29, 1.82) is 0 Å². The van der Waals surface area contributed by atoms with Gasteiger partial charge in [0.2, 0.25) is 5.91 Å². The van der Waals surface area contributed by atoms with E-state index in [1.54, 1.807) is 0 Å². The van der Waals surface area contributed by atoms with Gasteiger partial charge >= 0.3 is 0 Å². The molecule has 0 aliphatic heterocycles. The van der Waals surface area contributed by atoms with Crippen LogP contribution in [0.3, 0.4) is 0 Å². The molecule has 0 saturated heterocycles. The fraction of sp³-hybridized carbons (Fsp3) is 0.533. The minimum Gasteiger partial charge on any atom is -0.356 e. The monoisotopic (exact) mass is 324 g/mol. The van der Waals surface area contributed by atoms with Crippen LogP contribution in [0.5, 0.6) is 0 Å². The van der Waals surface area contributed by atoms with Gasteiger partial charge in [0.15, 0.2) is 0 Å². The molecule has 1 aliphatic rings. The van der Waals surface area contributed by atoms with Gasteiger partial charge in [-0.3, -0.25) is 4.79 Å². The molecule has 0 aromatic heterocycles. The molecule has 0 radical (unpaired) electrons. The molecule has 4 heteroatoms. The topological polar surface area (TPSA) is 32.3 Å². The fourth-order valence-electron chi connectivity index (χ4n) is 2.33. The van der Waals surface area contributed by atoms with Gasteiger partial charge in [-0.25, -0.2) is 0 Å². The van der Waals surface area contributed by atoms with Crippen molar-refractivity contribution in [3.05, 3.63) is 34.3 Å². The molecule has 1 N–H and O–H groups in total. The van der Waals surface area contributed by atoms with Crippen LogP contribution in [-0.2, 0) is 4.79 Å². The number of benzene rings is 1. The van der Waals surface area contributed by atoms with Crippen LogP contribution in [-0.4, -0.2) is 38.0 Å².